The van der Waals surface area contributed by atoms with Crippen LogP contribution in [0.25, 0.3) is 0 Å². The second-order valence-corrected chi connectivity index (χ2v) is 4.68. The molecule has 0 saturated carbocycles. The van der Waals surface area contributed by atoms with E-state index in [9.17, 15) is 4.79 Å². The topological polar surface area (TPSA) is 44.4 Å². The van der Waals surface area contributed by atoms with Gasteiger partial charge in [-0.3, -0.25) is 9.69 Å². The third kappa shape index (κ3) is 6.00. The molecule has 4 nitrogen and oxygen atoms in total. The number of nitrogens with zero attached hydrogens (tertiary/aromatic N) is 1. The lowest BCUT2D eigenvalue weighted by Gasteiger charge is -2.15. The monoisotopic (exact) mass is 269 g/mol. The molecule has 0 unspecified atom stereocenters. The smallest absolute Gasteiger partial charge is 0.234 e. The number of hydrogen-bond donors (Lipinski definition) is 2. The van der Waals surface area contributed by atoms with E-state index in [2.05, 4.69) is 10.6 Å². The van der Waals surface area contributed by atoms with Gasteiger partial charge in [-0.05, 0) is 31.8 Å². The molecule has 0 atom stereocenters. The van der Waals surface area contributed by atoms with Crippen molar-refractivity contribution >= 4 is 17.5 Å². The Morgan fingerprint density at radius 2 is 2.00 bits per heavy atom. The van der Waals surface area contributed by atoms with E-state index in [4.69, 9.17) is 11.6 Å². The SMILES string of the molecule is CNCCN(C)CC(=O)NCc1ccc(Cl)cc1. The van der Waals surface area contributed by atoms with Crippen molar-refractivity contribution in [3.05, 3.63) is 34.9 Å². The lowest BCUT2D eigenvalue weighted by atomic mass is 10.2. The van der Waals surface area contributed by atoms with Gasteiger partial charge in [-0.15, -0.1) is 0 Å². The van der Waals surface area contributed by atoms with E-state index >= 15 is 0 Å². The van der Waals surface area contributed by atoms with Gasteiger partial charge in [0.25, 0.3) is 0 Å². The molecular weight excluding hydrogens is 250 g/mol. The largest absolute Gasteiger partial charge is 0.351 e. The minimum Gasteiger partial charge on any atom is -0.351 e. The van der Waals surface area contributed by atoms with Crippen LogP contribution in [0.3, 0.4) is 0 Å². The van der Waals surface area contributed by atoms with Crippen molar-refractivity contribution in [1.82, 2.24) is 15.5 Å². The molecule has 0 aliphatic carbocycles. The van der Waals surface area contributed by atoms with Crippen LogP contribution in [0.2, 0.25) is 5.02 Å². The van der Waals surface area contributed by atoms with Crippen molar-refractivity contribution in [3.8, 4) is 0 Å². The van der Waals surface area contributed by atoms with Gasteiger partial charge in [0.15, 0.2) is 0 Å². The molecular formula is C13H20ClN3O. The lowest BCUT2D eigenvalue weighted by molar-refractivity contribution is -0.122. The summed E-state index contributed by atoms with van der Waals surface area (Å²) in [5.74, 6) is 0.0311. The van der Waals surface area contributed by atoms with Crippen molar-refractivity contribution in [1.29, 1.82) is 0 Å². The summed E-state index contributed by atoms with van der Waals surface area (Å²) in [7, 11) is 3.83. The molecule has 100 valence electrons. The zero-order valence-electron chi connectivity index (χ0n) is 10.9. The lowest BCUT2D eigenvalue weighted by Crippen LogP contribution is -2.37. The Hall–Kier alpha value is -1.10. The molecule has 0 radical (unpaired) electrons. The van der Waals surface area contributed by atoms with Gasteiger partial charge >= 0.3 is 0 Å². The second kappa shape index (κ2) is 8.08. The third-order valence-electron chi connectivity index (χ3n) is 2.56. The fourth-order valence-corrected chi connectivity index (χ4v) is 1.61. The van der Waals surface area contributed by atoms with E-state index in [1.165, 1.54) is 0 Å². The van der Waals surface area contributed by atoms with Crippen molar-refractivity contribution < 1.29 is 4.79 Å². The van der Waals surface area contributed by atoms with Gasteiger partial charge < -0.3 is 10.6 Å². The molecule has 2 N–H and O–H groups in total. The van der Waals surface area contributed by atoms with Gasteiger partial charge in [-0.25, -0.2) is 0 Å². The number of likely N-dealkylation sites (N-methyl/N-ethyl adjacent to an activating group) is 2. The van der Waals surface area contributed by atoms with Crippen LogP contribution < -0.4 is 10.6 Å². The molecule has 0 fully saturated rings. The normalized spacial score (nSPS) is 10.7. The standard InChI is InChI=1S/C13H20ClN3O/c1-15-7-8-17(2)10-13(18)16-9-11-3-5-12(14)6-4-11/h3-6,15H,7-10H2,1-2H3,(H,16,18). The van der Waals surface area contributed by atoms with Gasteiger partial charge in [0, 0.05) is 24.7 Å². The molecule has 0 aliphatic heterocycles. The molecule has 0 bridgehead atoms. The highest BCUT2D eigenvalue weighted by Gasteiger charge is 2.05. The predicted molar refractivity (Wildman–Crippen MR) is 74.7 cm³/mol. The van der Waals surface area contributed by atoms with E-state index in [0.717, 1.165) is 18.7 Å². The van der Waals surface area contributed by atoms with Crippen molar-refractivity contribution in [2.45, 2.75) is 6.54 Å². The Bertz CT molecular complexity index is 367. The zero-order chi connectivity index (χ0) is 13.4. The average Bonchev–Trinajstić information content (AvgIpc) is 2.35. The molecule has 1 aromatic carbocycles. The Labute approximate surface area is 113 Å². The number of amides is 1. The van der Waals surface area contributed by atoms with E-state index < -0.39 is 0 Å². The van der Waals surface area contributed by atoms with E-state index in [1.807, 2.05) is 43.3 Å². The molecule has 0 aliphatic rings. The minimum absolute atomic E-state index is 0.0311. The van der Waals surface area contributed by atoms with Gasteiger partial charge in [0.1, 0.15) is 0 Å². The van der Waals surface area contributed by atoms with E-state index in [1.54, 1.807) is 0 Å². The highest BCUT2D eigenvalue weighted by atomic mass is 35.5. The zero-order valence-corrected chi connectivity index (χ0v) is 11.6. The van der Waals surface area contributed by atoms with Gasteiger partial charge in [-0.2, -0.15) is 0 Å². The highest BCUT2D eigenvalue weighted by molar-refractivity contribution is 6.30. The van der Waals surface area contributed by atoms with Gasteiger partial charge in [0.2, 0.25) is 5.91 Å². The highest BCUT2D eigenvalue weighted by Crippen LogP contribution is 2.08. The summed E-state index contributed by atoms with van der Waals surface area (Å²) in [6, 6.07) is 7.46. The van der Waals surface area contributed by atoms with Crippen molar-refractivity contribution in [2.24, 2.45) is 0 Å². The van der Waals surface area contributed by atoms with Crippen LogP contribution in [-0.4, -0.2) is 44.5 Å². The maximum Gasteiger partial charge on any atom is 0.234 e. The minimum atomic E-state index is 0.0311. The molecule has 1 amide bonds. The van der Waals surface area contributed by atoms with E-state index in [0.29, 0.717) is 18.1 Å². The van der Waals surface area contributed by atoms with Crippen LogP contribution >= 0.6 is 11.6 Å². The van der Waals surface area contributed by atoms with Crippen LogP contribution in [0.15, 0.2) is 24.3 Å². The number of halogens is 1. The summed E-state index contributed by atoms with van der Waals surface area (Å²) in [6.45, 7) is 2.68. The Morgan fingerprint density at radius 3 is 2.61 bits per heavy atom. The van der Waals surface area contributed by atoms with Crippen LogP contribution in [0.1, 0.15) is 5.56 Å². The van der Waals surface area contributed by atoms with Gasteiger partial charge in [-0.1, -0.05) is 23.7 Å². The first-order valence-electron chi connectivity index (χ1n) is 5.96. The summed E-state index contributed by atoms with van der Waals surface area (Å²) >= 11 is 5.79. The second-order valence-electron chi connectivity index (χ2n) is 4.24. The number of carbonyl (C=O) groups excluding carboxylic acids is 1. The summed E-state index contributed by atoms with van der Waals surface area (Å²) in [5.41, 5.74) is 1.05. The molecule has 0 heterocycles. The van der Waals surface area contributed by atoms with Crippen LogP contribution in [0, 0.1) is 0 Å². The molecule has 0 spiro atoms. The molecule has 0 aromatic heterocycles. The maximum atomic E-state index is 11.7. The Kier molecular flexibility index (Phi) is 6.72. The first-order valence-corrected chi connectivity index (χ1v) is 6.34. The quantitative estimate of drug-likeness (QED) is 0.779. The number of nitrogens with one attached hydrogen (secondary N) is 2. The molecule has 1 aromatic rings. The van der Waals surface area contributed by atoms with Crippen LogP contribution in [0.4, 0.5) is 0 Å². The van der Waals surface area contributed by atoms with Crippen molar-refractivity contribution in [2.75, 3.05) is 33.7 Å². The molecule has 18 heavy (non-hydrogen) atoms. The van der Waals surface area contributed by atoms with Crippen LogP contribution in [-0.2, 0) is 11.3 Å². The fraction of sp³-hybridized carbons (Fsp3) is 0.462. The number of hydrogen-bond acceptors (Lipinski definition) is 3. The Morgan fingerprint density at radius 1 is 1.33 bits per heavy atom. The first-order chi connectivity index (χ1) is 8.61. The fourth-order valence-electron chi connectivity index (χ4n) is 1.49. The van der Waals surface area contributed by atoms with Crippen molar-refractivity contribution in [3.63, 3.8) is 0 Å². The van der Waals surface area contributed by atoms with Crippen LogP contribution in [0.5, 0.6) is 0 Å². The predicted octanol–water partition coefficient (Wildman–Crippen LogP) is 1.11. The molecule has 0 saturated heterocycles. The molecule has 1 rings (SSSR count). The molecule has 5 heteroatoms. The summed E-state index contributed by atoms with van der Waals surface area (Å²) in [4.78, 5) is 13.6. The van der Waals surface area contributed by atoms with E-state index in [-0.39, 0.29) is 5.91 Å². The third-order valence-corrected chi connectivity index (χ3v) is 2.81. The number of carbonyl (C=O) groups is 1. The number of benzene rings is 1. The summed E-state index contributed by atoms with van der Waals surface area (Å²) < 4.78 is 0. The summed E-state index contributed by atoms with van der Waals surface area (Å²) in [6.07, 6.45) is 0. The average molecular weight is 270 g/mol. The summed E-state index contributed by atoms with van der Waals surface area (Å²) in [5, 5.41) is 6.64. The Balaban J connectivity index is 2.26. The maximum absolute atomic E-state index is 11.7. The van der Waals surface area contributed by atoms with Gasteiger partial charge in [0.05, 0.1) is 6.54 Å². The first kappa shape index (κ1) is 15.0. The number of rotatable bonds is 7.